The molecular formula is C29H33F7O. The van der Waals surface area contributed by atoms with Gasteiger partial charge >= 0.3 is 12.3 Å². The molecule has 2 saturated carbocycles. The molecule has 204 valence electrons. The van der Waals surface area contributed by atoms with Gasteiger partial charge in [0, 0.05) is 0 Å². The molecule has 0 unspecified atom stereocenters. The van der Waals surface area contributed by atoms with Crippen LogP contribution in [0, 0.1) is 35.3 Å². The first-order valence-corrected chi connectivity index (χ1v) is 13.2. The van der Waals surface area contributed by atoms with Crippen LogP contribution in [0.25, 0.3) is 11.1 Å². The Hall–Kier alpha value is -2.25. The molecule has 8 heteroatoms. The lowest BCUT2D eigenvalue weighted by Gasteiger charge is -2.39. The van der Waals surface area contributed by atoms with Gasteiger partial charge in [0.1, 0.15) is 22.9 Å². The Bertz CT molecular complexity index is 1010. The predicted molar refractivity (Wildman–Crippen MR) is 128 cm³/mol. The van der Waals surface area contributed by atoms with Crippen molar-refractivity contribution >= 4 is 0 Å². The number of hydrogen-bond acceptors (Lipinski definition) is 1. The number of rotatable bonds is 7. The molecule has 2 fully saturated rings. The zero-order chi connectivity index (χ0) is 26.8. The minimum Gasteiger partial charge on any atom is -0.432 e. The Morgan fingerprint density at radius 1 is 0.730 bits per heavy atom. The topological polar surface area (TPSA) is 9.23 Å². The molecule has 0 atom stereocenters. The summed E-state index contributed by atoms with van der Waals surface area (Å²) in [4.78, 5) is 0. The summed E-state index contributed by atoms with van der Waals surface area (Å²) >= 11 is 0. The van der Waals surface area contributed by atoms with Crippen LogP contribution in [0.15, 0.2) is 36.4 Å². The van der Waals surface area contributed by atoms with Gasteiger partial charge < -0.3 is 4.74 Å². The Kier molecular flexibility index (Phi) is 8.44. The minimum atomic E-state index is -5.16. The van der Waals surface area contributed by atoms with Crippen molar-refractivity contribution in [3.63, 3.8) is 0 Å². The summed E-state index contributed by atoms with van der Waals surface area (Å²) in [5.41, 5.74) is -1.92. The molecule has 0 spiro atoms. The highest BCUT2D eigenvalue weighted by molar-refractivity contribution is 5.65. The van der Waals surface area contributed by atoms with E-state index in [2.05, 4.69) is 6.92 Å². The average molecular weight is 531 g/mol. The van der Waals surface area contributed by atoms with Crippen LogP contribution in [0.4, 0.5) is 30.7 Å². The Morgan fingerprint density at radius 2 is 1.24 bits per heavy atom. The average Bonchev–Trinajstić information content (AvgIpc) is 2.84. The summed E-state index contributed by atoms with van der Waals surface area (Å²) in [7, 11) is 0. The molecule has 37 heavy (non-hydrogen) atoms. The minimum absolute atomic E-state index is 0.113. The summed E-state index contributed by atoms with van der Waals surface area (Å²) in [5, 5.41) is 0. The lowest BCUT2D eigenvalue weighted by Crippen LogP contribution is -2.38. The van der Waals surface area contributed by atoms with Crippen molar-refractivity contribution < 1.29 is 35.5 Å². The molecule has 2 aliphatic rings. The third-order valence-electron chi connectivity index (χ3n) is 8.27. The fraction of sp³-hybridized carbons (Fsp3) is 0.586. The van der Waals surface area contributed by atoms with E-state index in [9.17, 15) is 30.7 Å². The largest absolute Gasteiger partial charge is 0.432 e. The molecule has 2 aromatic rings. The molecule has 0 aromatic heterocycles. The number of ether oxygens (including phenoxy) is 1. The smallest absolute Gasteiger partial charge is 0.422 e. The number of hydrogen-bond donors (Lipinski definition) is 0. The Morgan fingerprint density at radius 3 is 1.73 bits per heavy atom. The van der Waals surface area contributed by atoms with Gasteiger partial charge in [-0.3, -0.25) is 0 Å². The molecule has 0 aliphatic heterocycles. The van der Waals surface area contributed by atoms with E-state index in [4.69, 9.17) is 4.74 Å². The van der Waals surface area contributed by atoms with Gasteiger partial charge in [-0.25, -0.2) is 8.78 Å². The van der Waals surface area contributed by atoms with E-state index in [0.29, 0.717) is 36.8 Å². The maximum absolute atomic E-state index is 15.0. The molecule has 2 aliphatic carbocycles. The summed E-state index contributed by atoms with van der Waals surface area (Å²) in [6.45, 7) is 2.21. The maximum Gasteiger partial charge on any atom is 0.422 e. The number of halogens is 7. The first-order valence-electron chi connectivity index (χ1n) is 13.2. The molecule has 2 aromatic carbocycles. The molecule has 0 bridgehead atoms. The normalized spacial score (nSPS) is 25.2. The van der Waals surface area contributed by atoms with Crippen molar-refractivity contribution in [2.24, 2.45) is 23.7 Å². The van der Waals surface area contributed by atoms with Gasteiger partial charge in [0.15, 0.2) is 0 Å². The first-order chi connectivity index (χ1) is 17.5. The van der Waals surface area contributed by atoms with Crippen molar-refractivity contribution in [3.8, 4) is 16.9 Å². The van der Waals surface area contributed by atoms with E-state index in [0.717, 1.165) is 18.8 Å². The molecule has 0 saturated heterocycles. The van der Waals surface area contributed by atoms with Gasteiger partial charge in [-0.05, 0) is 91.7 Å². The van der Waals surface area contributed by atoms with E-state index >= 15 is 0 Å². The lowest BCUT2D eigenvalue weighted by atomic mass is 9.68. The third-order valence-corrected chi connectivity index (χ3v) is 8.27. The second kappa shape index (κ2) is 11.2. The highest BCUT2D eigenvalue weighted by atomic mass is 19.4. The van der Waals surface area contributed by atoms with E-state index in [1.807, 2.05) is 0 Å². The molecule has 4 rings (SSSR count). The summed E-state index contributed by atoms with van der Waals surface area (Å²) in [6.07, 6.45) is 1.21. The van der Waals surface area contributed by atoms with Crippen molar-refractivity contribution in [2.75, 3.05) is 0 Å². The second-order valence-electron chi connectivity index (χ2n) is 10.7. The highest BCUT2D eigenvalue weighted by Crippen LogP contribution is 2.46. The summed E-state index contributed by atoms with van der Waals surface area (Å²) in [6, 6.07) is 6.20. The van der Waals surface area contributed by atoms with Crippen LogP contribution in [0.5, 0.6) is 5.75 Å². The summed E-state index contributed by atoms with van der Waals surface area (Å²) < 4.78 is 101. The van der Waals surface area contributed by atoms with E-state index in [1.165, 1.54) is 62.8 Å². The van der Waals surface area contributed by atoms with Gasteiger partial charge in [-0.2, -0.15) is 22.0 Å². The van der Waals surface area contributed by atoms with Crippen LogP contribution in [0.3, 0.4) is 0 Å². The zero-order valence-electron chi connectivity index (χ0n) is 20.9. The third kappa shape index (κ3) is 6.61. The zero-order valence-corrected chi connectivity index (χ0v) is 20.9. The maximum atomic E-state index is 15.0. The fourth-order valence-electron chi connectivity index (χ4n) is 6.25. The van der Waals surface area contributed by atoms with Crippen molar-refractivity contribution in [2.45, 2.75) is 83.4 Å². The fourth-order valence-corrected chi connectivity index (χ4v) is 6.25. The Balaban J connectivity index is 1.34. The van der Waals surface area contributed by atoms with Gasteiger partial charge in [-0.1, -0.05) is 44.7 Å². The molecule has 0 radical (unpaired) electrons. The standard InChI is InChI=1S/C29H33F7O/c1-2-3-18-4-6-19(7-5-18)20-8-12-23(13-9-20)29(35,36)37-24-14-10-21(11-15-24)22-16-25(30)27(26(31)17-22)28(32,33)34/h10-11,14-20,23H,2-9,12-13H2,1H3. The van der Waals surface area contributed by atoms with Gasteiger partial charge in [-0.15, -0.1) is 0 Å². The van der Waals surface area contributed by atoms with E-state index in [-0.39, 0.29) is 16.9 Å². The van der Waals surface area contributed by atoms with Crippen molar-refractivity contribution in [3.05, 3.63) is 53.6 Å². The molecule has 0 amide bonds. The van der Waals surface area contributed by atoms with Crippen LogP contribution in [-0.4, -0.2) is 6.11 Å². The molecule has 0 heterocycles. The summed E-state index contributed by atoms with van der Waals surface area (Å²) in [5.74, 6) is -2.53. The van der Waals surface area contributed by atoms with Crippen LogP contribution in [0.1, 0.15) is 76.7 Å². The van der Waals surface area contributed by atoms with Crippen LogP contribution in [0.2, 0.25) is 0 Å². The lowest BCUT2D eigenvalue weighted by molar-refractivity contribution is -0.224. The first kappa shape index (κ1) is 27.8. The number of alkyl halides is 5. The highest BCUT2D eigenvalue weighted by Gasteiger charge is 2.45. The van der Waals surface area contributed by atoms with Crippen LogP contribution in [-0.2, 0) is 6.18 Å². The van der Waals surface area contributed by atoms with E-state index in [1.54, 1.807) is 0 Å². The molecule has 1 nitrogen and oxygen atoms in total. The van der Waals surface area contributed by atoms with Gasteiger partial charge in [0.05, 0.1) is 5.92 Å². The molecule has 0 N–H and O–H groups in total. The predicted octanol–water partition coefficient (Wildman–Crippen LogP) is 10.0. The monoisotopic (exact) mass is 530 g/mol. The van der Waals surface area contributed by atoms with Gasteiger partial charge in [0.25, 0.3) is 0 Å². The quantitative estimate of drug-likeness (QED) is 0.324. The van der Waals surface area contributed by atoms with Gasteiger partial charge in [0.2, 0.25) is 0 Å². The number of benzene rings is 2. The van der Waals surface area contributed by atoms with Crippen molar-refractivity contribution in [1.29, 1.82) is 0 Å². The SMILES string of the molecule is CCCC1CCC(C2CCC(C(F)(F)Oc3ccc(-c4cc(F)c(C(F)(F)F)c(F)c4)cc3)CC2)CC1. The van der Waals surface area contributed by atoms with Crippen LogP contribution < -0.4 is 4.74 Å². The van der Waals surface area contributed by atoms with Crippen molar-refractivity contribution in [1.82, 2.24) is 0 Å². The second-order valence-corrected chi connectivity index (χ2v) is 10.7. The molecular weight excluding hydrogens is 497 g/mol. The van der Waals surface area contributed by atoms with E-state index < -0.39 is 35.4 Å². The van der Waals surface area contributed by atoms with Crippen LogP contribution >= 0.6 is 0 Å². The Labute approximate surface area is 213 Å².